The van der Waals surface area contributed by atoms with Gasteiger partial charge in [-0.05, 0) is 19.9 Å². The summed E-state index contributed by atoms with van der Waals surface area (Å²) in [6.45, 7) is 8.87. The lowest BCUT2D eigenvalue weighted by molar-refractivity contribution is 0.585. The van der Waals surface area contributed by atoms with E-state index in [1.54, 1.807) is 0 Å². The molecule has 4 heteroatoms. The molecule has 0 aromatic carbocycles. The van der Waals surface area contributed by atoms with Gasteiger partial charge in [0.25, 0.3) is 0 Å². The van der Waals surface area contributed by atoms with Crippen LogP contribution in [0.3, 0.4) is 0 Å². The lowest BCUT2D eigenvalue weighted by Crippen LogP contribution is -2.15. The maximum atomic E-state index is 6.22. The first kappa shape index (κ1) is 11.5. The summed E-state index contributed by atoms with van der Waals surface area (Å²) in [5.41, 5.74) is 2.11. The van der Waals surface area contributed by atoms with E-state index in [0.29, 0.717) is 0 Å². The lowest BCUT2D eigenvalue weighted by Gasteiger charge is -2.04. The van der Waals surface area contributed by atoms with Gasteiger partial charge in [0.05, 0.1) is 16.4 Å². The van der Waals surface area contributed by atoms with E-state index in [0.717, 1.165) is 42.5 Å². The van der Waals surface area contributed by atoms with Crippen molar-refractivity contribution in [2.75, 3.05) is 6.54 Å². The Morgan fingerprint density at radius 1 is 1.36 bits per heavy atom. The highest BCUT2D eigenvalue weighted by Crippen LogP contribution is 2.21. The fourth-order valence-electron chi connectivity index (χ4n) is 1.43. The van der Waals surface area contributed by atoms with E-state index in [2.05, 4.69) is 31.2 Å². The third-order valence-electron chi connectivity index (χ3n) is 2.24. The third kappa shape index (κ3) is 2.28. The van der Waals surface area contributed by atoms with Crippen molar-refractivity contribution in [2.45, 2.75) is 40.3 Å². The number of hydrogen-bond acceptors (Lipinski definition) is 2. The number of rotatable bonds is 5. The maximum absolute atomic E-state index is 6.22. The molecule has 0 bridgehead atoms. The molecule has 0 radical (unpaired) electrons. The van der Waals surface area contributed by atoms with E-state index in [9.17, 15) is 0 Å². The summed E-state index contributed by atoms with van der Waals surface area (Å²) in [5.74, 6) is 0. The van der Waals surface area contributed by atoms with E-state index in [1.807, 2.05) is 4.68 Å². The molecule has 0 aliphatic heterocycles. The molecule has 0 aliphatic carbocycles. The second-order valence-corrected chi connectivity index (χ2v) is 3.53. The minimum atomic E-state index is 0.802. The number of nitrogens with zero attached hydrogens (tertiary/aromatic N) is 2. The summed E-state index contributed by atoms with van der Waals surface area (Å²) in [4.78, 5) is 0. The molecule has 0 saturated heterocycles. The molecule has 0 amide bonds. The summed E-state index contributed by atoms with van der Waals surface area (Å²) in [6.07, 6.45) is 0.894. The van der Waals surface area contributed by atoms with Gasteiger partial charge in [0.1, 0.15) is 0 Å². The predicted molar refractivity (Wildman–Crippen MR) is 59.7 cm³/mol. The molecule has 0 spiro atoms. The van der Waals surface area contributed by atoms with Crippen molar-refractivity contribution in [3.05, 3.63) is 16.4 Å². The van der Waals surface area contributed by atoms with Crippen LogP contribution in [0.2, 0.25) is 5.02 Å². The molecule has 0 aliphatic rings. The Kier molecular flexibility index (Phi) is 4.42. The van der Waals surface area contributed by atoms with Crippen LogP contribution < -0.4 is 5.32 Å². The lowest BCUT2D eigenvalue weighted by atomic mass is 10.3. The standard InChI is InChI=1S/C10H18ClN3/c1-4-8-10(11)9(7-12-5-2)14(6-3)13-8/h12H,4-7H2,1-3H3. The molecule has 1 rings (SSSR count). The number of nitrogens with one attached hydrogen (secondary N) is 1. The van der Waals surface area contributed by atoms with Gasteiger partial charge >= 0.3 is 0 Å². The highest BCUT2D eigenvalue weighted by Gasteiger charge is 2.12. The van der Waals surface area contributed by atoms with Gasteiger partial charge in [-0.2, -0.15) is 5.10 Å². The van der Waals surface area contributed by atoms with Gasteiger partial charge < -0.3 is 5.32 Å². The SMILES string of the molecule is CCNCc1c(Cl)c(CC)nn1CC. The monoisotopic (exact) mass is 215 g/mol. The maximum Gasteiger partial charge on any atom is 0.0863 e. The number of aryl methyl sites for hydroxylation is 2. The van der Waals surface area contributed by atoms with Gasteiger partial charge in [-0.15, -0.1) is 0 Å². The van der Waals surface area contributed by atoms with E-state index < -0.39 is 0 Å². The summed E-state index contributed by atoms with van der Waals surface area (Å²) in [6, 6.07) is 0. The largest absolute Gasteiger partial charge is 0.311 e. The van der Waals surface area contributed by atoms with E-state index in [4.69, 9.17) is 11.6 Å². The highest BCUT2D eigenvalue weighted by atomic mass is 35.5. The molecule has 0 saturated carbocycles. The Morgan fingerprint density at radius 3 is 2.57 bits per heavy atom. The van der Waals surface area contributed by atoms with Crippen LogP contribution in [0, 0.1) is 0 Å². The van der Waals surface area contributed by atoms with Crippen molar-refractivity contribution >= 4 is 11.6 Å². The molecule has 14 heavy (non-hydrogen) atoms. The van der Waals surface area contributed by atoms with Crippen LogP contribution in [-0.2, 0) is 19.5 Å². The summed E-state index contributed by atoms with van der Waals surface area (Å²) >= 11 is 6.22. The molecule has 0 fully saturated rings. The Labute approximate surface area is 90.4 Å². The normalized spacial score (nSPS) is 10.9. The van der Waals surface area contributed by atoms with Crippen molar-refractivity contribution in [2.24, 2.45) is 0 Å². The average molecular weight is 216 g/mol. The second kappa shape index (κ2) is 5.37. The zero-order chi connectivity index (χ0) is 10.6. The molecular weight excluding hydrogens is 198 g/mol. The van der Waals surface area contributed by atoms with Crippen LogP contribution in [0.5, 0.6) is 0 Å². The fourth-order valence-corrected chi connectivity index (χ4v) is 1.77. The van der Waals surface area contributed by atoms with Crippen LogP contribution >= 0.6 is 11.6 Å². The van der Waals surface area contributed by atoms with Crippen LogP contribution in [0.1, 0.15) is 32.2 Å². The molecule has 1 aromatic rings. The first-order valence-corrected chi connectivity index (χ1v) is 5.57. The number of halogens is 1. The van der Waals surface area contributed by atoms with Crippen LogP contribution in [0.15, 0.2) is 0 Å². The quantitative estimate of drug-likeness (QED) is 0.817. The van der Waals surface area contributed by atoms with Gasteiger partial charge in [0, 0.05) is 13.1 Å². The molecule has 0 unspecified atom stereocenters. The van der Waals surface area contributed by atoms with Crippen molar-refractivity contribution in [3.63, 3.8) is 0 Å². The zero-order valence-electron chi connectivity index (χ0n) is 9.10. The van der Waals surface area contributed by atoms with Crippen LogP contribution in [-0.4, -0.2) is 16.3 Å². The predicted octanol–water partition coefficient (Wildman–Crippen LogP) is 2.23. The second-order valence-electron chi connectivity index (χ2n) is 3.16. The molecule has 1 aromatic heterocycles. The Hall–Kier alpha value is -0.540. The topological polar surface area (TPSA) is 29.9 Å². The molecule has 80 valence electrons. The summed E-state index contributed by atoms with van der Waals surface area (Å²) in [5, 5.41) is 8.55. The van der Waals surface area contributed by atoms with Crippen LogP contribution in [0.4, 0.5) is 0 Å². The molecule has 1 heterocycles. The smallest absolute Gasteiger partial charge is 0.0863 e. The highest BCUT2D eigenvalue weighted by molar-refractivity contribution is 6.31. The number of hydrogen-bond donors (Lipinski definition) is 1. The molecule has 3 nitrogen and oxygen atoms in total. The van der Waals surface area contributed by atoms with Crippen molar-refractivity contribution in [1.82, 2.24) is 15.1 Å². The summed E-state index contributed by atoms with van der Waals surface area (Å²) in [7, 11) is 0. The van der Waals surface area contributed by atoms with E-state index in [1.165, 1.54) is 0 Å². The third-order valence-corrected chi connectivity index (χ3v) is 2.67. The van der Waals surface area contributed by atoms with Gasteiger partial charge in [-0.1, -0.05) is 25.4 Å². The Balaban J connectivity index is 2.92. The van der Waals surface area contributed by atoms with Crippen molar-refractivity contribution < 1.29 is 0 Å². The molecule has 0 atom stereocenters. The zero-order valence-corrected chi connectivity index (χ0v) is 9.86. The molecular formula is C10H18ClN3. The van der Waals surface area contributed by atoms with Crippen molar-refractivity contribution in [1.29, 1.82) is 0 Å². The van der Waals surface area contributed by atoms with Gasteiger partial charge in [-0.3, -0.25) is 4.68 Å². The van der Waals surface area contributed by atoms with Crippen molar-refractivity contribution in [3.8, 4) is 0 Å². The van der Waals surface area contributed by atoms with Gasteiger partial charge in [0.2, 0.25) is 0 Å². The minimum Gasteiger partial charge on any atom is -0.311 e. The Bertz CT molecular complexity index is 294. The fraction of sp³-hybridized carbons (Fsp3) is 0.700. The van der Waals surface area contributed by atoms with Gasteiger partial charge in [0.15, 0.2) is 0 Å². The number of aromatic nitrogens is 2. The van der Waals surface area contributed by atoms with Gasteiger partial charge in [-0.25, -0.2) is 0 Å². The first-order valence-electron chi connectivity index (χ1n) is 5.19. The minimum absolute atomic E-state index is 0.802. The van der Waals surface area contributed by atoms with E-state index >= 15 is 0 Å². The first-order chi connectivity index (χ1) is 6.74. The molecule has 1 N–H and O–H groups in total. The summed E-state index contributed by atoms with van der Waals surface area (Å²) < 4.78 is 1.98. The average Bonchev–Trinajstić information content (AvgIpc) is 2.52. The van der Waals surface area contributed by atoms with Crippen LogP contribution in [0.25, 0.3) is 0 Å². The van der Waals surface area contributed by atoms with E-state index in [-0.39, 0.29) is 0 Å². The Morgan fingerprint density at radius 2 is 2.07 bits per heavy atom.